The van der Waals surface area contributed by atoms with E-state index in [2.05, 4.69) is 17.1 Å². The number of carbonyl (C=O) groups is 1. The predicted molar refractivity (Wildman–Crippen MR) is 38.6 cm³/mol. The Morgan fingerprint density at radius 2 is 2.40 bits per heavy atom. The summed E-state index contributed by atoms with van der Waals surface area (Å²) in [6, 6.07) is -0.127. The van der Waals surface area contributed by atoms with Crippen molar-refractivity contribution in [2.24, 2.45) is 5.73 Å². The second kappa shape index (κ2) is 2.88. The number of likely N-dealkylation sites (N-methyl/N-ethyl adjacent to an activating group) is 1. The third kappa shape index (κ3) is 1.60. The first-order chi connectivity index (χ1) is 4.72. The van der Waals surface area contributed by atoms with Crippen molar-refractivity contribution in [1.29, 1.82) is 0 Å². The van der Waals surface area contributed by atoms with Crippen LogP contribution in [-0.4, -0.2) is 36.6 Å². The van der Waals surface area contributed by atoms with E-state index < -0.39 is 6.03 Å². The van der Waals surface area contributed by atoms with Crippen LogP contribution in [0.15, 0.2) is 0 Å². The van der Waals surface area contributed by atoms with E-state index in [1.165, 1.54) is 0 Å². The summed E-state index contributed by atoms with van der Waals surface area (Å²) in [4.78, 5) is 12.5. The number of likely N-dealkylation sites (tertiary alicyclic amines) is 1. The van der Waals surface area contributed by atoms with Gasteiger partial charge in [-0.3, -0.25) is 4.90 Å². The van der Waals surface area contributed by atoms with Crippen LogP contribution in [0.5, 0.6) is 0 Å². The SMILES string of the molecule is CCN1CC(NC(N)=O)C1. The van der Waals surface area contributed by atoms with Crippen LogP contribution in [0.4, 0.5) is 4.79 Å². The van der Waals surface area contributed by atoms with Gasteiger partial charge in [0.1, 0.15) is 0 Å². The molecule has 1 aliphatic rings. The normalized spacial score (nSPS) is 20.1. The Labute approximate surface area is 60.4 Å². The molecule has 4 heteroatoms. The zero-order chi connectivity index (χ0) is 7.56. The van der Waals surface area contributed by atoms with Crippen molar-refractivity contribution >= 4 is 6.03 Å². The quantitative estimate of drug-likeness (QED) is 0.540. The fourth-order valence-electron chi connectivity index (χ4n) is 1.12. The topological polar surface area (TPSA) is 58.4 Å². The molecule has 4 nitrogen and oxygen atoms in total. The summed E-state index contributed by atoms with van der Waals surface area (Å²) >= 11 is 0. The van der Waals surface area contributed by atoms with Gasteiger partial charge in [0.05, 0.1) is 6.04 Å². The summed E-state index contributed by atoms with van der Waals surface area (Å²) in [6.07, 6.45) is 0. The molecule has 1 fully saturated rings. The number of nitrogens with one attached hydrogen (secondary N) is 1. The zero-order valence-corrected chi connectivity index (χ0v) is 6.13. The van der Waals surface area contributed by atoms with Crippen molar-refractivity contribution in [3.8, 4) is 0 Å². The van der Waals surface area contributed by atoms with Crippen LogP contribution in [0.1, 0.15) is 6.92 Å². The maximum atomic E-state index is 10.3. The molecule has 0 radical (unpaired) electrons. The summed E-state index contributed by atoms with van der Waals surface area (Å²) in [6.45, 7) is 5.04. The highest BCUT2D eigenvalue weighted by atomic mass is 16.2. The molecule has 1 saturated heterocycles. The van der Waals surface area contributed by atoms with Crippen LogP contribution in [0.2, 0.25) is 0 Å². The Morgan fingerprint density at radius 3 is 2.80 bits per heavy atom. The average Bonchev–Trinajstić information content (AvgIpc) is 1.76. The number of hydrogen-bond donors (Lipinski definition) is 2. The molecule has 0 saturated carbocycles. The van der Waals surface area contributed by atoms with Gasteiger partial charge in [-0.1, -0.05) is 6.92 Å². The minimum Gasteiger partial charge on any atom is -0.352 e. The lowest BCUT2D eigenvalue weighted by atomic mass is 10.1. The zero-order valence-electron chi connectivity index (χ0n) is 6.13. The largest absolute Gasteiger partial charge is 0.352 e. The standard InChI is InChI=1S/C6H13N3O/c1-2-9-3-5(4-9)8-6(7)10/h5H,2-4H2,1H3,(H3,7,8,10). The van der Waals surface area contributed by atoms with E-state index in [4.69, 9.17) is 5.73 Å². The Morgan fingerprint density at radius 1 is 1.80 bits per heavy atom. The lowest BCUT2D eigenvalue weighted by molar-refractivity contribution is 0.138. The molecule has 1 aliphatic heterocycles. The third-order valence-corrected chi connectivity index (χ3v) is 1.75. The highest BCUT2D eigenvalue weighted by Gasteiger charge is 2.25. The number of amides is 2. The van der Waals surface area contributed by atoms with E-state index in [0.29, 0.717) is 0 Å². The molecule has 0 aromatic carbocycles. The van der Waals surface area contributed by atoms with Crippen LogP contribution in [-0.2, 0) is 0 Å². The molecule has 0 bridgehead atoms. The molecule has 0 atom stereocenters. The number of rotatable bonds is 2. The van der Waals surface area contributed by atoms with E-state index >= 15 is 0 Å². The van der Waals surface area contributed by atoms with Gasteiger partial charge in [0.15, 0.2) is 0 Å². The van der Waals surface area contributed by atoms with Crippen LogP contribution in [0.3, 0.4) is 0 Å². The fraction of sp³-hybridized carbons (Fsp3) is 0.833. The van der Waals surface area contributed by atoms with Gasteiger partial charge in [-0.25, -0.2) is 4.79 Å². The van der Waals surface area contributed by atoms with Gasteiger partial charge in [0, 0.05) is 13.1 Å². The van der Waals surface area contributed by atoms with Crippen LogP contribution in [0.25, 0.3) is 0 Å². The second-order valence-electron chi connectivity index (χ2n) is 2.56. The number of primary amides is 1. The van der Waals surface area contributed by atoms with E-state index in [0.717, 1.165) is 19.6 Å². The van der Waals surface area contributed by atoms with E-state index in [1.807, 2.05) is 0 Å². The number of hydrogen-bond acceptors (Lipinski definition) is 2. The Hall–Kier alpha value is -0.770. The summed E-state index contributed by atoms with van der Waals surface area (Å²) < 4.78 is 0. The number of carbonyl (C=O) groups excluding carboxylic acids is 1. The first kappa shape index (κ1) is 7.34. The smallest absolute Gasteiger partial charge is 0.312 e. The van der Waals surface area contributed by atoms with Crippen molar-refractivity contribution in [1.82, 2.24) is 10.2 Å². The van der Waals surface area contributed by atoms with Gasteiger partial charge >= 0.3 is 6.03 Å². The van der Waals surface area contributed by atoms with Gasteiger partial charge in [-0.15, -0.1) is 0 Å². The molecule has 0 unspecified atom stereocenters. The number of urea groups is 1. The number of nitrogens with zero attached hydrogens (tertiary/aromatic N) is 1. The first-order valence-electron chi connectivity index (χ1n) is 3.50. The predicted octanol–water partition coefficient (Wildman–Crippen LogP) is -0.641. The van der Waals surface area contributed by atoms with Crippen molar-refractivity contribution in [2.45, 2.75) is 13.0 Å². The van der Waals surface area contributed by atoms with Crippen LogP contribution in [0, 0.1) is 0 Å². The van der Waals surface area contributed by atoms with Crippen LogP contribution < -0.4 is 11.1 Å². The molecule has 58 valence electrons. The minimum absolute atomic E-state index is 0.289. The monoisotopic (exact) mass is 143 g/mol. The molecule has 1 heterocycles. The molecule has 1 rings (SSSR count). The summed E-state index contributed by atoms with van der Waals surface area (Å²) in [5.74, 6) is 0. The Kier molecular flexibility index (Phi) is 2.11. The molecular weight excluding hydrogens is 130 g/mol. The van der Waals surface area contributed by atoms with Crippen LogP contribution >= 0.6 is 0 Å². The van der Waals surface area contributed by atoms with Gasteiger partial charge in [-0.05, 0) is 6.54 Å². The lowest BCUT2D eigenvalue weighted by Crippen LogP contribution is -2.59. The summed E-state index contributed by atoms with van der Waals surface area (Å²) in [5.41, 5.74) is 4.92. The van der Waals surface area contributed by atoms with E-state index in [-0.39, 0.29) is 6.04 Å². The average molecular weight is 143 g/mol. The van der Waals surface area contributed by atoms with Gasteiger partial charge in [0.25, 0.3) is 0 Å². The third-order valence-electron chi connectivity index (χ3n) is 1.75. The highest BCUT2D eigenvalue weighted by Crippen LogP contribution is 2.05. The molecule has 0 aromatic heterocycles. The number of nitrogens with two attached hydrogens (primary N) is 1. The summed E-state index contributed by atoms with van der Waals surface area (Å²) in [7, 11) is 0. The van der Waals surface area contributed by atoms with Crippen molar-refractivity contribution in [3.63, 3.8) is 0 Å². The van der Waals surface area contributed by atoms with Crippen molar-refractivity contribution in [2.75, 3.05) is 19.6 Å². The second-order valence-corrected chi connectivity index (χ2v) is 2.56. The Balaban J connectivity index is 2.08. The molecule has 0 aliphatic carbocycles. The fourth-order valence-corrected chi connectivity index (χ4v) is 1.12. The summed E-state index contributed by atoms with van der Waals surface area (Å²) in [5, 5.41) is 2.64. The molecule has 2 amide bonds. The first-order valence-corrected chi connectivity index (χ1v) is 3.50. The van der Waals surface area contributed by atoms with Crippen molar-refractivity contribution in [3.05, 3.63) is 0 Å². The highest BCUT2D eigenvalue weighted by molar-refractivity contribution is 5.72. The van der Waals surface area contributed by atoms with E-state index in [9.17, 15) is 4.79 Å². The lowest BCUT2D eigenvalue weighted by Gasteiger charge is -2.38. The van der Waals surface area contributed by atoms with E-state index in [1.54, 1.807) is 0 Å². The molecule has 0 aromatic rings. The van der Waals surface area contributed by atoms with Gasteiger partial charge in [-0.2, -0.15) is 0 Å². The maximum absolute atomic E-state index is 10.3. The molecule has 3 N–H and O–H groups in total. The Bertz CT molecular complexity index is 131. The maximum Gasteiger partial charge on any atom is 0.312 e. The van der Waals surface area contributed by atoms with Gasteiger partial charge < -0.3 is 11.1 Å². The van der Waals surface area contributed by atoms with Crippen molar-refractivity contribution < 1.29 is 4.79 Å². The molecule has 0 spiro atoms. The molecular formula is C6H13N3O. The van der Waals surface area contributed by atoms with Gasteiger partial charge in [0.2, 0.25) is 0 Å². The minimum atomic E-state index is -0.416. The molecule has 10 heavy (non-hydrogen) atoms.